The highest BCUT2D eigenvalue weighted by molar-refractivity contribution is 6.33. The molecule has 0 aromatic heterocycles. The number of ketones is 1. The lowest BCUT2D eigenvalue weighted by atomic mass is 10.1. The van der Waals surface area contributed by atoms with Gasteiger partial charge in [0.05, 0.1) is 0 Å². The lowest BCUT2D eigenvalue weighted by Crippen LogP contribution is -1.98. The van der Waals surface area contributed by atoms with Crippen LogP contribution in [0.4, 0.5) is 0 Å². The maximum Gasteiger partial charge on any atom is 0.225 e. The van der Waals surface area contributed by atoms with Gasteiger partial charge in [-0.05, 0) is 16.8 Å². The summed E-state index contributed by atoms with van der Waals surface area (Å²) in [5.41, 5.74) is 0.443. The molecule has 0 aliphatic rings. The maximum atomic E-state index is 11.1. The minimum absolute atomic E-state index is 0.337. The van der Waals surface area contributed by atoms with Gasteiger partial charge in [0.1, 0.15) is 0 Å². The zero-order chi connectivity index (χ0) is 9.97. The summed E-state index contributed by atoms with van der Waals surface area (Å²) in [6.07, 6.45) is 0.337. The molecule has 0 spiro atoms. The number of carbonyl (C=O) groups excluding carboxylic acids is 2. The van der Waals surface area contributed by atoms with Gasteiger partial charge in [-0.15, -0.1) is 0 Å². The SMILES string of the molecule is O=CC(=O)c1ccc2ccccc2c1. The Morgan fingerprint density at radius 2 is 1.71 bits per heavy atom. The van der Waals surface area contributed by atoms with Crippen LogP contribution in [-0.4, -0.2) is 12.1 Å². The van der Waals surface area contributed by atoms with Crippen molar-refractivity contribution >= 4 is 22.8 Å². The number of Topliss-reactive ketones (excluding diaryl/α,β-unsaturated/α-hetero) is 1. The Labute approximate surface area is 81.2 Å². The summed E-state index contributed by atoms with van der Waals surface area (Å²) in [5, 5.41) is 2.04. The minimum atomic E-state index is -0.476. The van der Waals surface area contributed by atoms with Crippen molar-refractivity contribution in [1.29, 1.82) is 0 Å². The maximum absolute atomic E-state index is 11.1. The number of hydrogen-bond acceptors (Lipinski definition) is 2. The Balaban J connectivity index is 2.62. The highest BCUT2D eigenvalue weighted by Crippen LogP contribution is 2.15. The van der Waals surface area contributed by atoms with Crippen LogP contribution in [0.25, 0.3) is 10.8 Å². The second kappa shape index (κ2) is 3.42. The third-order valence-electron chi connectivity index (χ3n) is 2.14. The first-order valence-corrected chi connectivity index (χ1v) is 4.29. The molecular weight excluding hydrogens is 176 g/mol. The molecule has 2 heteroatoms. The molecule has 2 aromatic carbocycles. The van der Waals surface area contributed by atoms with Crippen molar-refractivity contribution in [3.05, 3.63) is 48.0 Å². The summed E-state index contributed by atoms with van der Waals surface area (Å²) in [5.74, 6) is -0.476. The van der Waals surface area contributed by atoms with Crippen molar-refractivity contribution in [2.75, 3.05) is 0 Å². The van der Waals surface area contributed by atoms with E-state index in [2.05, 4.69) is 0 Å². The summed E-state index contributed by atoms with van der Waals surface area (Å²) >= 11 is 0. The first-order chi connectivity index (χ1) is 6.81. The van der Waals surface area contributed by atoms with Crippen molar-refractivity contribution in [2.45, 2.75) is 0 Å². The number of benzene rings is 2. The number of hydrogen-bond donors (Lipinski definition) is 0. The molecule has 2 aromatic rings. The fourth-order valence-corrected chi connectivity index (χ4v) is 1.41. The van der Waals surface area contributed by atoms with Crippen molar-refractivity contribution in [3.63, 3.8) is 0 Å². The quantitative estimate of drug-likeness (QED) is 0.407. The minimum Gasteiger partial charge on any atom is -0.294 e. The fourth-order valence-electron chi connectivity index (χ4n) is 1.41. The summed E-state index contributed by atoms with van der Waals surface area (Å²) in [6.45, 7) is 0. The molecule has 0 N–H and O–H groups in total. The van der Waals surface area contributed by atoms with E-state index in [-0.39, 0.29) is 0 Å². The largest absolute Gasteiger partial charge is 0.294 e. The van der Waals surface area contributed by atoms with E-state index >= 15 is 0 Å². The van der Waals surface area contributed by atoms with Crippen molar-refractivity contribution in [2.24, 2.45) is 0 Å². The van der Waals surface area contributed by atoms with E-state index in [9.17, 15) is 9.59 Å². The molecule has 2 rings (SSSR count). The van der Waals surface area contributed by atoms with Crippen molar-refractivity contribution in [1.82, 2.24) is 0 Å². The van der Waals surface area contributed by atoms with Crippen molar-refractivity contribution < 1.29 is 9.59 Å². The molecule has 0 fully saturated rings. The Hall–Kier alpha value is -1.96. The normalized spacial score (nSPS) is 10.0. The van der Waals surface area contributed by atoms with Crippen LogP contribution < -0.4 is 0 Å². The van der Waals surface area contributed by atoms with Gasteiger partial charge >= 0.3 is 0 Å². The first kappa shape index (κ1) is 8.63. The average Bonchev–Trinajstić information content (AvgIpc) is 2.27. The van der Waals surface area contributed by atoms with Gasteiger partial charge in [0, 0.05) is 5.56 Å². The topological polar surface area (TPSA) is 34.1 Å². The molecule has 0 saturated heterocycles. The monoisotopic (exact) mass is 184 g/mol. The highest BCUT2D eigenvalue weighted by atomic mass is 16.2. The Kier molecular flexibility index (Phi) is 2.11. The molecule has 0 aliphatic carbocycles. The molecule has 0 bridgehead atoms. The van der Waals surface area contributed by atoms with Crippen LogP contribution in [0.3, 0.4) is 0 Å². The third-order valence-corrected chi connectivity index (χ3v) is 2.14. The second-order valence-electron chi connectivity index (χ2n) is 3.04. The van der Waals surface area contributed by atoms with Gasteiger partial charge < -0.3 is 0 Å². The van der Waals surface area contributed by atoms with Crippen LogP contribution in [0.2, 0.25) is 0 Å². The van der Waals surface area contributed by atoms with Crippen molar-refractivity contribution in [3.8, 4) is 0 Å². The molecule has 0 heterocycles. The summed E-state index contributed by atoms with van der Waals surface area (Å²) in [7, 11) is 0. The van der Waals surface area contributed by atoms with Gasteiger partial charge in [0.2, 0.25) is 5.78 Å². The molecule has 0 amide bonds. The van der Waals surface area contributed by atoms with Gasteiger partial charge in [-0.1, -0.05) is 36.4 Å². The van der Waals surface area contributed by atoms with E-state index < -0.39 is 5.78 Å². The smallest absolute Gasteiger partial charge is 0.225 e. The van der Waals surface area contributed by atoms with Gasteiger partial charge in [0.25, 0.3) is 0 Å². The molecule has 68 valence electrons. The second-order valence-corrected chi connectivity index (χ2v) is 3.04. The summed E-state index contributed by atoms with van der Waals surface area (Å²) in [6, 6.07) is 12.9. The molecule has 0 unspecified atom stereocenters. The van der Waals surface area contributed by atoms with Gasteiger partial charge in [-0.25, -0.2) is 0 Å². The zero-order valence-corrected chi connectivity index (χ0v) is 7.44. The van der Waals surface area contributed by atoms with Gasteiger partial charge in [-0.2, -0.15) is 0 Å². The van der Waals surface area contributed by atoms with Crippen LogP contribution in [0.5, 0.6) is 0 Å². The summed E-state index contributed by atoms with van der Waals surface area (Å²) in [4.78, 5) is 21.4. The molecule has 0 atom stereocenters. The number of carbonyl (C=O) groups is 2. The fraction of sp³-hybridized carbons (Fsp3) is 0. The number of aldehydes is 1. The zero-order valence-electron chi connectivity index (χ0n) is 7.44. The van der Waals surface area contributed by atoms with E-state index in [1.54, 1.807) is 12.1 Å². The number of fused-ring (bicyclic) bond motifs is 1. The van der Waals surface area contributed by atoms with Gasteiger partial charge in [0.15, 0.2) is 6.29 Å². The molecular formula is C12H8O2. The van der Waals surface area contributed by atoms with E-state index in [4.69, 9.17) is 0 Å². The molecule has 0 saturated carbocycles. The molecule has 0 radical (unpaired) electrons. The molecule has 0 aliphatic heterocycles. The third kappa shape index (κ3) is 1.42. The Bertz CT molecular complexity index is 500. The lowest BCUT2D eigenvalue weighted by molar-refractivity contribution is -0.104. The van der Waals surface area contributed by atoms with E-state index in [0.29, 0.717) is 11.8 Å². The predicted octanol–water partition coefficient (Wildman–Crippen LogP) is 2.22. The molecule has 2 nitrogen and oxygen atoms in total. The predicted molar refractivity (Wildman–Crippen MR) is 54.3 cm³/mol. The highest BCUT2D eigenvalue weighted by Gasteiger charge is 2.03. The van der Waals surface area contributed by atoms with Crippen LogP contribution >= 0.6 is 0 Å². The van der Waals surface area contributed by atoms with Crippen LogP contribution in [0.15, 0.2) is 42.5 Å². The Morgan fingerprint density at radius 3 is 2.43 bits per heavy atom. The van der Waals surface area contributed by atoms with Gasteiger partial charge in [-0.3, -0.25) is 9.59 Å². The van der Waals surface area contributed by atoms with Crippen LogP contribution in [0.1, 0.15) is 10.4 Å². The first-order valence-electron chi connectivity index (χ1n) is 4.29. The molecule has 14 heavy (non-hydrogen) atoms. The van der Waals surface area contributed by atoms with Crippen LogP contribution in [-0.2, 0) is 4.79 Å². The summed E-state index contributed by atoms with van der Waals surface area (Å²) < 4.78 is 0. The van der Waals surface area contributed by atoms with E-state index in [1.165, 1.54) is 0 Å². The van der Waals surface area contributed by atoms with Crippen LogP contribution in [0, 0.1) is 0 Å². The lowest BCUT2D eigenvalue weighted by Gasteiger charge is -1.98. The Morgan fingerprint density at radius 1 is 1.00 bits per heavy atom. The van der Waals surface area contributed by atoms with E-state index in [0.717, 1.165) is 10.8 Å². The van der Waals surface area contributed by atoms with E-state index in [1.807, 2.05) is 30.3 Å². The number of rotatable bonds is 2. The standard InChI is InChI=1S/C12H8O2/c13-8-12(14)11-6-5-9-3-1-2-4-10(9)7-11/h1-8H. The average molecular weight is 184 g/mol.